The van der Waals surface area contributed by atoms with Crippen molar-refractivity contribution in [2.75, 3.05) is 12.4 Å². The van der Waals surface area contributed by atoms with Gasteiger partial charge in [0.05, 0.1) is 0 Å². The molecule has 0 bridgehead atoms. The summed E-state index contributed by atoms with van der Waals surface area (Å²) in [7, 11) is 1.73. The third-order valence-electron chi connectivity index (χ3n) is 1.96. The molecule has 1 rings (SSSR count). The molecule has 5 heteroatoms. The van der Waals surface area contributed by atoms with Gasteiger partial charge in [0.25, 0.3) is 0 Å². The summed E-state index contributed by atoms with van der Waals surface area (Å²) in [6, 6.07) is 7.35. The summed E-state index contributed by atoms with van der Waals surface area (Å²) in [5.74, 6) is 0.853. The summed E-state index contributed by atoms with van der Waals surface area (Å²) in [4.78, 5) is 4.06. The number of hydrogen-bond donors (Lipinski definition) is 2. The zero-order valence-electron chi connectivity index (χ0n) is 9.25. The highest BCUT2D eigenvalue weighted by molar-refractivity contribution is 7.80. The van der Waals surface area contributed by atoms with Gasteiger partial charge < -0.3 is 10.6 Å². The molecular weight excluding hydrogens is 242 g/mol. The second kappa shape index (κ2) is 6.45. The Kier molecular flexibility index (Phi) is 5.22. The van der Waals surface area contributed by atoms with Crippen LogP contribution in [0.5, 0.6) is 0 Å². The number of nitrogens with one attached hydrogen (secondary N) is 2. The first-order valence-corrected chi connectivity index (χ1v) is 5.73. The molecule has 0 radical (unpaired) electrons. The van der Waals surface area contributed by atoms with Crippen LogP contribution in [0.1, 0.15) is 13.3 Å². The summed E-state index contributed by atoms with van der Waals surface area (Å²) < 4.78 is 0. The number of benzene rings is 1. The largest absolute Gasteiger partial charge is 0.332 e. The van der Waals surface area contributed by atoms with Crippen molar-refractivity contribution in [3.05, 3.63) is 29.3 Å². The fourth-order valence-electron chi connectivity index (χ4n) is 1.13. The van der Waals surface area contributed by atoms with Gasteiger partial charge in [0.2, 0.25) is 0 Å². The van der Waals surface area contributed by atoms with Crippen LogP contribution < -0.4 is 10.6 Å². The fourth-order valence-corrected chi connectivity index (χ4v) is 1.49. The van der Waals surface area contributed by atoms with Crippen molar-refractivity contribution in [1.29, 1.82) is 0 Å². The van der Waals surface area contributed by atoms with Gasteiger partial charge in [-0.05, 0) is 36.5 Å². The van der Waals surface area contributed by atoms with E-state index in [1.54, 1.807) is 19.2 Å². The zero-order valence-corrected chi connectivity index (χ0v) is 10.8. The summed E-state index contributed by atoms with van der Waals surface area (Å²) >= 11 is 10.9. The Bertz CT molecular complexity index is 387. The average molecular weight is 256 g/mol. The van der Waals surface area contributed by atoms with E-state index in [9.17, 15) is 0 Å². The number of rotatable bonds is 2. The topological polar surface area (TPSA) is 36.4 Å². The number of aliphatic imine (C=N–C) groups is 1. The number of halogens is 1. The molecule has 1 aromatic rings. The lowest BCUT2D eigenvalue weighted by atomic mass is 10.3. The molecular formula is C11H14ClN3S. The van der Waals surface area contributed by atoms with Crippen molar-refractivity contribution in [3.8, 4) is 0 Å². The highest BCUT2D eigenvalue weighted by atomic mass is 35.5. The summed E-state index contributed by atoms with van der Waals surface area (Å²) in [6.45, 7) is 2.01. The molecule has 86 valence electrons. The van der Waals surface area contributed by atoms with Crippen LogP contribution in [-0.4, -0.2) is 18.0 Å². The number of hydrogen-bond acceptors (Lipinski definition) is 2. The van der Waals surface area contributed by atoms with Gasteiger partial charge in [-0.2, -0.15) is 0 Å². The van der Waals surface area contributed by atoms with Crippen molar-refractivity contribution in [1.82, 2.24) is 5.32 Å². The predicted octanol–water partition coefficient (Wildman–Crippen LogP) is 3.06. The van der Waals surface area contributed by atoms with Gasteiger partial charge in [-0.3, -0.25) is 4.99 Å². The van der Waals surface area contributed by atoms with Crippen molar-refractivity contribution < 1.29 is 0 Å². The van der Waals surface area contributed by atoms with Crippen molar-refractivity contribution in [2.45, 2.75) is 13.3 Å². The van der Waals surface area contributed by atoms with Crippen molar-refractivity contribution >= 4 is 40.5 Å². The predicted molar refractivity (Wildman–Crippen MR) is 74.5 cm³/mol. The van der Waals surface area contributed by atoms with E-state index >= 15 is 0 Å². The lowest BCUT2D eigenvalue weighted by Crippen LogP contribution is -2.33. The summed E-state index contributed by atoms with van der Waals surface area (Å²) in [5, 5.41) is 7.30. The van der Waals surface area contributed by atoms with Gasteiger partial charge in [-0.1, -0.05) is 18.5 Å². The van der Waals surface area contributed by atoms with Crippen molar-refractivity contribution in [2.24, 2.45) is 4.99 Å². The van der Waals surface area contributed by atoms with E-state index in [1.807, 2.05) is 19.1 Å². The number of nitrogens with zero attached hydrogens (tertiary/aromatic N) is 1. The number of anilines is 1. The number of thiocarbonyl (C=S) groups is 1. The lowest BCUT2D eigenvalue weighted by Gasteiger charge is -2.11. The Morgan fingerprint density at radius 2 is 2.00 bits per heavy atom. The van der Waals surface area contributed by atoms with Gasteiger partial charge in [0.1, 0.15) is 5.84 Å². The second-order valence-electron chi connectivity index (χ2n) is 3.11. The Morgan fingerprint density at radius 3 is 2.50 bits per heavy atom. The third-order valence-corrected chi connectivity index (χ3v) is 2.42. The normalized spacial score (nSPS) is 11.1. The molecule has 0 aromatic heterocycles. The average Bonchev–Trinajstić information content (AvgIpc) is 2.29. The van der Waals surface area contributed by atoms with Crippen LogP contribution in [0.2, 0.25) is 5.02 Å². The molecule has 2 N–H and O–H groups in total. The maximum atomic E-state index is 5.78. The van der Waals surface area contributed by atoms with E-state index in [4.69, 9.17) is 23.8 Å². The van der Waals surface area contributed by atoms with E-state index in [0.29, 0.717) is 10.1 Å². The molecule has 1 aromatic carbocycles. The van der Waals surface area contributed by atoms with E-state index in [-0.39, 0.29) is 0 Å². The summed E-state index contributed by atoms with van der Waals surface area (Å²) in [6.07, 6.45) is 0.818. The first kappa shape index (κ1) is 12.9. The van der Waals surface area contributed by atoms with Crippen molar-refractivity contribution in [3.63, 3.8) is 0 Å². The smallest absolute Gasteiger partial charge is 0.176 e. The first-order valence-electron chi connectivity index (χ1n) is 4.95. The molecule has 0 saturated heterocycles. The maximum absolute atomic E-state index is 5.78. The Hall–Kier alpha value is -1.13. The van der Waals surface area contributed by atoms with E-state index in [1.165, 1.54) is 0 Å². The molecule has 0 heterocycles. The minimum Gasteiger partial charge on any atom is -0.332 e. The van der Waals surface area contributed by atoms with Crippen LogP contribution in [0, 0.1) is 0 Å². The van der Waals surface area contributed by atoms with Gasteiger partial charge in [-0.25, -0.2) is 0 Å². The molecule has 3 nitrogen and oxygen atoms in total. The molecule has 0 aliphatic carbocycles. The van der Waals surface area contributed by atoms with Gasteiger partial charge in [-0.15, -0.1) is 0 Å². The maximum Gasteiger partial charge on any atom is 0.176 e. The number of amidine groups is 1. The van der Waals surface area contributed by atoms with Crippen LogP contribution in [0.4, 0.5) is 5.69 Å². The Balaban J connectivity index is 2.55. The standard InChI is InChI=1S/C11H14ClN3S/c1-3-10(13-2)15-11(16)14-9-6-4-8(12)5-7-9/h4-7H,3H2,1-2H3,(H2,13,14,15,16). The van der Waals surface area contributed by atoms with Gasteiger partial charge in [0.15, 0.2) is 5.11 Å². The third kappa shape index (κ3) is 4.16. The van der Waals surface area contributed by atoms with E-state index < -0.39 is 0 Å². The molecule has 0 amide bonds. The molecule has 0 fully saturated rings. The molecule has 16 heavy (non-hydrogen) atoms. The van der Waals surface area contributed by atoms with Crippen LogP contribution in [0.15, 0.2) is 29.3 Å². The SMILES string of the molecule is CCC(=NC)NC(=S)Nc1ccc(Cl)cc1. The second-order valence-corrected chi connectivity index (χ2v) is 3.95. The molecule has 0 saturated carbocycles. The molecule has 0 spiro atoms. The minimum absolute atomic E-state index is 0.532. The van der Waals surface area contributed by atoms with Crippen LogP contribution in [0.25, 0.3) is 0 Å². The van der Waals surface area contributed by atoms with Crippen LogP contribution in [0.3, 0.4) is 0 Å². The van der Waals surface area contributed by atoms with Crippen LogP contribution >= 0.6 is 23.8 Å². The minimum atomic E-state index is 0.532. The lowest BCUT2D eigenvalue weighted by molar-refractivity contribution is 1.15. The van der Waals surface area contributed by atoms with E-state index in [0.717, 1.165) is 17.9 Å². The molecule has 0 atom stereocenters. The highest BCUT2D eigenvalue weighted by Crippen LogP contribution is 2.13. The van der Waals surface area contributed by atoms with Crippen LogP contribution in [-0.2, 0) is 0 Å². The Labute approximate surface area is 106 Å². The van der Waals surface area contributed by atoms with E-state index in [2.05, 4.69) is 15.6 Å². The van der Waals surface area contributed by atoms with Gasteiger partial charge >= 0.3 is 0 Å². The molecule has 0 aliphatic heterocycles. The molecule has 0 unspecified atom stereocenters. The molecule has 0 aliphatic rings. The Morgan fingerprint density at radius 1 is 1.38 bits per heavy atom. The highest BCUT2D eigenvalue weighted by Gasteiger charge is 2.00. The van der Waals surface area contributed by atoms with Gasteiger partial charge in [0, 0.05) is 24.2 Å². The quantitative estimate of drug-likeness (QED) is 0.485. The fraction of sp³-hybridized carbons (Fsp3) is 0.273. The summed E-state index contributed by atoms with van der Waals surface area (Å²) in [5.41, 5.74) is 0.897. The monoisotopic (exact) mass is 255 g/mol. The zero-order chi connectivity index (χ0) is 12.0. The first-order chi connectivity index (χ1) is 7.65.